The molecule has 0 N–H and O–H groups in total. The zero-order valence-corrected chi connectivity index (χ0v) is 12.2. The molecular formula is C15H12Cl2O3. The van der Waals surface area contributed by atoms with Gasteiger partial charge in [-0.15, -0.1) is 0 Å². The van der Waals surface area contributed by atoms with Crippen molar-refractivity contribution in [3.63, 3.8) is 0 Å². The van der Waals surface area contributed by atoms with Crippen molar-refractivity contribution in [1.82, 2.24) is 0 Å². The van der Waals surface area contributed by atoms with Crippen LogP contribution in [0.5, 0.6) is 11.5 Å². The Morgan fingerprint density at radius 1 is 1.05 bits per heavy atom. The second-order valence-electron chi connectivity index (χ2n) is 3.87. The van der Waals surface area contributed by atoms with Crippen LogP contribution in [0.15, 0.2) is 42.5 Å². The van der Waals surface area contributed by atoms with Crippen LogP contribution in [0.2, 0.25) is 10.0 Å². The van der Waals surface area contributed by atoms with Gasteiger partial charge in [-0.3, -0.25) is 0 Å². The van der Waals surface area contributed by atoms with E-state index in [0.29, 0.717) is 23.1 Å². The molecule has 5 heteroatoms. The number of para-hydroxylation sites is 2. The maximum atomic E-state index is 12.1. The standard InChI is InChI=1S/C15H12Cl2O3/c1-2-19-12-8-3-4-9-13(12)20-15(18)10-6-5-7-11(16)14(10)17/h3-9H,2H2,1H3. The fraction of sp³-hybridized carbons (Fsp3) is 0.133. The number of hydrogen-bond acceptors (Lipinski definition) is 3. The van der Waals surface area contributed by atoms with Crippen LogP contribution in [0.4, 0.5) is 0 Å². The van der Waals surface area contributed by atoms with Gasteiger partial charge in [0.15, 0.2) is 11.5 Å². The lowest BCUT2D eigenvalue weighted by Gasteiger charge is -2.11. The highest BCUT2D eigenvalue weighted by Gasteiger charge is 2.16. The summed E-state index contributed by atoms with van der Waals surface area (Å²) in [6.07, 6.45) is 0. The molecule has 2 aromatic rings. The molecule has 0 radical (unpaired) electrons. The summed E-state index contributed by atoms with van der Waals surface area (Å²) < 4.78 is 10.7. The minimum atomic E-state index is -0.579. The number of benzene rings is 2. The van der Waals surface area contributed by atoms with Crippen LogP contribution in [-0.4, -0.2) is 12.6 Å². The van der Waals surface area contributed by atoms with E-state index in [1.54, 1.807) is 42.5 Å². The molecule has 0 saturated carbocycles. The Morgan fingerprint density at radius 3 is 2.45 bits per heavy atom. The number of rotatable bonds is 4. The van der Waals surface area contributed by atoms with Gasteiger partial charge in [0.05, 0.1) is 22.2 Å². The van der Waals surface area contributed by atoms with E-state index in [9.17, 15) is 4.79 Å². The Hall–Kier alpha value is -1.71. The smallest absolute Gasteiger partial charge is 0.345 e. The molecule has 0 aliphatic rings. The van der Waals surface area contributed by atoms with Gasteiger partial charge in [-0.05, 0) is 31.2 Å². The zero-order chi connectivity index (χ0) is 14.5. The van der Waals surface area contributed by atoms with E-state index in [4.69, 9.17) is 32.7 Å². The lowest BCUT2D eigenvalue weighted by molar-refractivity contribution is 0.0728. The molecule has 0 heterocycles. The van der Waals surface area contributed by atoms with Crippen molar-refractivity contribution in [1.29, 1.82) is 0 Å². The number of carbonyl (C=O) groups excluding carboxylic acids is 1. The minimum Gasteiger partial charge on any atom is -0.490 e. The molecule has 0 saturated heterocycles. The third kappa shape index (κ3) is 3.24. The Bertz CT molecular complexity index is 626. The fourth-order valence-corrected chi connectivity index (χ4v) is 2.00. The number of halogens is 2. The van der Waals surface area contributed by atoms with Crippen molar-refractivity contribution in [2.24, 2.45) is 0 Å². The van der Waals surface area contributed by atoms with Crippen LogP contribution in [0.25, 0.3) is 0 Å². The van der Waals surface area contributed by atoms with E-state index in [2.05, 4.69) is 0 Å². The fourth-order valence-electron chi connectivity index (χ4n) is 1.63. The van der Waals surface area contributed by atoms with Crippen molar-refractivity contribution in [3.8, 4) is 11.5 Å². The monoisotopic (exact) mass is 310 g/mol. The third-order valence-corrected chi connectivity index (χ3v) is 3.34. The molecule has 104 valence electrons. The maximum absolute atomic E-state index is 12.1. The van der Waals surface area contributed by atoms with Crippen molar-refractivity contribution in [2.75, 3.05) is 6.61 Å². The van der Waals surface area contributed by atoms with Gasteiger partial charge < -0.3 is 9.47 Å². The van der Waals surface area contributed by atoms with Crippen LogP contribution in [0.1, 0.15) is 17.3 Å². The predicted octanol–water partition coefficient (Wildman–Crippen LogP) is 4.61. The van der Waals surface area contributed by atoms with Crippen LogP contribution in [0.3, 0.4) is 0 Å². The molecule has 0 amide bonds. The molecule has 2 aromatic carbocycles. The summed E-state index contributed by atoms with van der Waals surface area (Å²) in [6.45, 7) is 2.33. The third-order valence-electron chi connectivity index (χ3n) is 2.52. The first-order valence-corrected chi connectivity index (χ1v) is 6.77. The van der Waals surface area contributed by atoms with Gasteiger partial charge in [0, 0.05) is 0 Å². The lowest BCUT2D eigenvalue weighted by Crippen LogP contribution is -2.10. The van der Waals surface area contributed by atoms with E-state index in [-0.39, 0.29) is 10.6 Å². The maximum Gasteiger partial charge on any atom is 0.345 e. The SMILES string of the molecule is CCOc1ccccc1OC(=O)c1cccc(Cl)c1Cl. The number of ether oxygens (including phenoxy) is 2. The van der Waals surface area contributed by atoms with Gasteiger partial charge in [-0.2, -0.15) is 0 Å². The predicted molar refractivity (Wildman–Crippen MR) is 79.0 cm³/mol. The summed E-state index contributed by atoms with van der Waals surface area (Å²) in [5, 5.41) is 0.479. The van der Waals surface area contributed by atoms with Crippen molar-refractivity contribution in [2.45, 2.75) is 6.92 Å². The molecule has 0 fully saturated rings. The Kier molecular flexibility index (Phi) is 4.88. The summed E-state index contributed by atoms with van der Waals surface area (Å²) in [7, 11) is 0. The summed E-state index contributed by atoms with van der Waals surface area (Å²) in [5.41, 5.74) is 0.213. The van der Waals surface area contributed by atoms with E-state index < -0.39 is 5.97 Å². The molecule has 20 heavy (non-hydrogen) atoms. The lowest BCUT2D eigenvalue weighted by atomic mass is 10.2. The summed E-state index contributed by atoms with van der Waals surface area (Å²) in [5.74, 6) is 0.265. The molecule has 0 bridgehead atoms. The zero-order valence-electron chi connectivity index (χ0n) is 10.7. The Morgan fingerprint density at radius 2 is 1.75 bits per heavy atom. The van der Waals surface area contributed by atoms with Gasteiger partial charge in [-0.1, -0.05) is 41.4 Å². The van der Waals surface area contributed by atoms with E-state index in [0.717, 1.165) is 0 Å². The molecule has 0 aliphatic carbocycles. The van der Waals surface area contributed by atoms with Gasteiger partial charge >= 0.3 is 5.97 Å². The first-order chi connectivity index (χ1) is 9.63. The topological polar surface area (TPSA) is 35.5 Å². The number of hydrogen-bond donors (Lipinski definition) is 0. The van der Waals surface area contributed by atoms with E-state index in [1.165, 1.54) is 0 Å². The minimum absolute atomic E-state index is 0.174. The Labute approximate surface area is 127 Å². The quantitative estimate of drug-likeness (QED) is 0.611. The largest absolute Gasteiger partial charge is 0.490 e. The molecule has 0 spiro atoms. The van der Waals surface area contributed by atoms with E-state index >= 15 is 0 Å². The van der Waals surface area contributed by atoms with Gasteiger partial charge in [-0.25, -0.2) is 4.79 Å². The molecule has 0 aliphatic heterocycles. The van der Waals surface area contributed by atoms with E-state index in [1.807, 2.05) is 6.92 Å². The highest BCUT2D eigenvalue weighted by molar-refractivity contribution is 6.43. The van der Waals surface area contributed by atoms with Crippen molar-refractivity contribution < 1.29 is 14.3 Å². The first-order valence-electron chi connectivity index (χ1n) is 6.01. The second kappa shape index (κ2) is 6.64. The van der Waals surface area contributed by atoms with Crippen LogP contribution in [-0.2, 0) is 0 Å². The van der Waals surface area contributed by atoms with Gasteiger partial charge in [0.25, 0.3) is 0 Å². The molecule has 0 atom stereocenters. The average Bonchev–Trinajstić information content (AvgIpc) is 2.44. The van der Waals surface area contributed by atoms with Crippen molar-refractivity contribution in [3.05, 3.63) is 58.1 Å². The van der Waals surface area contributed by atoms with Crippen LogP contribution >= 0.6 is 23.2 Å². The normalized spacial score (nSPS) is 10.2. The Balaban J connectivity index is 2.26. The first kappa shape index (κ1) is 14.7. The van der Waals surface area contributed by atoms with Gasteiger partial charge in [0.2, 0.25) is 0 Å². The summed E-state index contributed by atoms with van der Waals surface area (Å²) in [6, 6.07) is 11.7. The molecule has 2 rings (SSSR count). The summed E-state index contributed by atoms with van der Waals surface area (Å²) >= 11 is 11.9. The molecular weight excluding hydrogens is 299 g/mol. The average molecular weight is 311 g/mol. The van der Waals surface area contributed by atoms with Crippen molar-refractivity contribution >= 4 is 29.2 Å². The highest BCUT2D eigenvalue weighted by atomic mass is 35.5. The van der Waals surface area contributed by atoms with Crippen LogP contribution < -0.4 is 9.47 Å². The van der Waals surface area contributed by atoms with Crippen LogP contribution in [0, 0.1) is 0 Å². The number of esters is 1. The highest BCUT2D eigenvalue weighted by Crippen LogP contribution is 2.30. The number of carbonyl (C=O) groups is 1. The summed E-state index contributed by atoms with van der Waals surface area (Å²) in [4.78, 5) is 12.1. The van der Waals surface area contributed by atoms with Gasteiger partial charge in [0.1, 0.15) is 0 Å². The molecule has 3 nitrogen and oxygen atoms in total. The second-order valence-corrected chi connectivity index (χ2v) is 4.66. The molecule has 0 unspecified atom stereocenters. The molecule has 0 aromatic heterocycles.